The molecule has 0 aliphatic rings. The van der Waals surface area contributed by atoms with Gasteiger partial charge in [-0.1, -0.05) is 0 Å². The Bertz CT molecular complexity index is 588. The Hall–Kier alpha value is -2.48. The number of carboxylic acids is 1. The van der Waals surface area contributed by atoms with Crippen LogP contribution in [0.5, 0.6) is 0 Å². The highest BCUT2D eigenvalue weighted by molar-refractivity contribution is 5.91. The van der Waals surface area contributed by atoms with Crippen molar-refractivity contribution < 1.29 is 19.6 Å². The fraction of sp³-hybridized carbons (Fsp3) is 0.429. The zero-order chi connectivity index (χ0) is 16.9. The van der Waals surface area contributed by atoms with Gasteiger partial charge in [0, 0.05) is 30.8 Å². The van der Waals surface area contributed by atoms with Gasteiger partial charge in [-0.25, -0.2) is 0 Å². The lowest BCUT2D eigenvalue weighted by Crippen LogP contribution is -2.37. The van der Waals surface area contributed by atoms with Crippen LogP contribution in [0.4, 0.5) is 11.4 Å². The number of hydrogen-bond donors (Lipinski definition) is 2. The summed E-state index contributed by atoms with van der Waals surface area (Å²) in [6, 6.07) is 3.51. The van der Waals surface area contributed by atoms with Crippen LogP contribution in [-0.4, -0.2) is 46.4 Å². The molecule has 0 saturated heterocycles. The highest BCUT2D eigenvalue weighted by Crippen LogP contribution is 2.21. The molecule has 8 nitrogen and oxygen atoms in total. The first-order chi connectivity index (χ1) is 10.2. The van der Waals surface area contributed by atoms with Gasteiger partial charge < -0.3 is 10.4 Å². The van der Waals surface area contributed by atoms with E-state index in [0.717, 1.165) is 0 Å². The van der Waals surface area contributed by atoms with Gasteiger partial charge >= 0.3 is 5.97 Å². The molecule has 0 aliphatic carbocycles. The van der Waals surface area contributed by atoms with Gasteiger partial charge in [0.2, 0.25) is 5.91 Å². The summed E-state index contributed by atoms with van der Waals surface area (Å²) in [4.78, 5) is 34.4. The normalized spacial score (nSPS) is 12.0. The van der Waals surface area contributed by atoms with Crippen molar-refractivity contribution in [1.82, 2.24) is 4.90 Å². The molecule has 0 spiro atoms. The summed E-state index contributed by atoms with van der Waals surface area (Å²) in [5.74, 6) is -1.23. The summed E-state index contributed by atoms with van der Waals surface area (Å²) >= 11 is 0. The monoisotopic (exact) mass is 309 g/mol. The SMILES string of the molecule is Cc1cc([N+](=O)[O-])ccc1NC(=O)CCN(C)C(C)C(=O)O. The lowest BCUT2D eigenvalue weighted by molar-refractivity contribution is -0.384. The number of amides is 1. The zero-order valence-corrected chi connectivity index (χ0v) is 12.7. The molecule has 0 aliphatic heterocycles. The van der Waals surface area contributed by atoms with Crippen LogP contribution in [-0.2, 0) is 9.59 Å². The number of carbonyl (C=O) groups is 2. The lowest BCUT2D eigenvalue weighted by Gasteiger charge is -2.20. The van der Waals surface area contributed by atoms with E-state index in [4.69, 9.17) is 5.11 Å². The van der Waals surface area contributed by atoms with Crippen LogP contribution in [0, 0.1) is 17.0 Å². The maximum atomic E-state index is 11.9. The number of nitro benzene ring substituents is 1. The van der Waals surface area contributed by atoms with E-state index in [1.54, 1.807) is 25.8 Å². The minimum Gasteiger partial charge on any atom is -0.480 e. The summed E-state index contributed by atoms with van der Waals surface area (Å²) < 4.78 is 0. The fourth-order valence-corrected chi connectivity index (χ4v) is 1.77. The van der Waals surface area contributed by atoms with E-state index < -0.39 is 16.9 Å². The Morgan fingerprint density at radius 3 is 2.59 bits per heavy atom. The predicted octanol–water partition coefficient (Wildman–Crippen LogP) is 1.64. The van der Waals surface area contributed by atoms with Gasteiger partial charge in [0.1, 0.15) is 6.04 Å². The molecule has 0 aromatic heterocycles. The van der Waals surface area contributed by atoms with Crippen molar-refractivity contribution in [3.63, 3.8) is 0 Å². The van der Waals surface area contributed by atoms with Gasteiger partial charge in [-0.3, -0.25) is 24.6 Å². The van der Waals surface area contributed by atoms with Crippen molar-refractivity contribution in [2.24, 2.45) is 0 Å². The number of carbonyl (C=O) groups excluding carboxylic acids is 1. The lowest BCUT2D eigenvalue weighted by atomic mass is 10.1. The molecule has 0 bridgehead atoms. The zero-order valence-electron chi connectivity index (χ0n) is 12.7. The standard InChI is InChI=1S/C14H19N3O5/c1-9-8-11(17(21)22)4-5-12(9)15-13(18)6-7-16(3)10(2)14(19)20/h4-5,8,10H,6-7H2,1-3H3,(H,15,18)(H,19,20). The van der Waals surface area contributed by atoms with Gasteiger partial charge in [-0.05, 0) is 32.5 Å². The topological polar surface area (TPSA) is 113 Å². The Balaban J connectivity index is 2.59. The summed E-state index contributed by atoms with van der Waals surface area (Å²) in [5, 5.41) is 22.2. The number of benzene rings is 1. The second-order valence-corrected chi connectivity index (χ2v) is 5.05. The number of nitrogens with one attached hydrogen (secondary N) is 1. The van der Waals surface area contributed by atoms with Crippen molar-refractivity contribution in [1.29, 1.82) is 0 Å². The molecule has 8 heteroatoms. The Morgan fingerprint density at radius 2 is 2.09 bits per heavy atom. The molecule has 0 saturated carbocycles. The number of likely N-dealkylation sites (N-methyl/N-ethyl adjacent to an activating group) is 1. The Morgan fingerprint density at radius 1 is 1.45 bits per heavy atom. The van der Waals surface area contributed by atoms with E-state index >= 15 is 0 Å². The highest BCUT2D eigenvalue weighted by atomic mass is 16.6. The molecule has 1 atom stereocenters. The van der Waals surface area contributed by atoms with E-state index in [2.05, 4.69) is 5.32 Å². The minimum atomic E-state index is -0.950. The summed E-state index contributed by atoms with van der Waals surface area (Å²) in [7, 11) is 1.63. The van der Waals surface area contributed by atoms with Crippen molar-refractivity contribution in [3.8, 4) is 0 Å². The third kappa shape index (κ3) is 4.81. The number of rotatable bonds is 7. The van der Waals surface area contributed by atoms with Crippen LogP contribution < -0.4 is 5.32 Å². The molecule has 1 amide bonds. The van der Waals surface area contributed by atoms with E-state index in [1.165, 1.54) is 18.2 Å². The number of aliphatic carboxylic acids is 1. The minimum absolute atomic E-state index is 0.0366. The third-order valence-electron chi connectivity index (χ3n) is 3.41. The second kappa shape index (κ2) is 7.51. The number of nitrogens with zero attached hydrogens (tertiary/aromatic N) is 2. The summed E-state index contributed by atoms with van der Waals surface area (Å²) in [5.41, 5.74) is 1.06. The molecule has 22 heavy (non-hydrogen) atoms. The van der Waals surface area contributed by atoms with E-state index in [-0.39, 0.29) is 18.0 Å². The van der Waals surface area contributed by atoms with Crippen molar-refractivity contribution in [2.75, 3.05) is 18.9 Å². The van der Waals surface area contributed by atoms with Gasteiger partial charge in [0.25, 0.3) is 5.69 Å². The predicted molar refractivity (Wildman–Crippen MR) is 80.8 cm³/mol. The molecule has 1 aromatic carbocycles. The van der Waals surface area contributed by atoms with Crippen LogP contribution >= 0.6 is 0 Å². The van der Waals surface area contributed by atoms with Gasteiger partial charge in [-0.2, -0.15) is 0 Å². The molecular weight excluding hydrogens is 290 g/mol. The van der Waals surface area contributed by atoms with Gasteiger partial charge in [-0.15, -0.1) is 0 Å². The van der Waals surface area contributed by atoms with Crippen LogP contribution in [0.25, 0.3) is 0 Å². The maximum absolute atomic E-state index is 11.9. The first-order valence-electron chi connectivity index (χ1n) is 6.70. The summed E-state index contributed by atoms with van der Waals surface area (Å²) in [6.45, 7) is 3.51. The van der Waals surface area contributed by atoms with E-state index in [9.17, 15) is 19.7 Å². The van der Waals surface area contributed by atoms with Crippen molar-refractivity contribution >= 4 is 23.3 Å². The number of carboxylic acid groups (broad SMARTS) is 1. The average Bonchev–Trinajstić information content (AvgIpc) is 2.45. The van der Waals surface area contributed by atoms with Crippen LogP contribution in [0.3, 0.4) is 0 Å². The molecule has 1 rings (SSSR count). The third-order valence-corrected chi connectivity index (χ3v) is 3.41. The Kier molecular flexibility index (Phi) is 6.00. The van der Waals surface area contributed by atoms with Gasteiger partial charge in [0.15, 0.2) is 0 Å². The largest absolute Gasteiger partial charge is 0.480 e. The van der Waals surface area contributed by atoms with E-state index in [1.807, 2.05) is 0 Å². The number of hydrogen-bond acceptors (Lipinski definition) is 5. The molecule has 0 fully saturated rings. The van der Waals surface area contributed by atoms with Gasteiger partial charge in [0.05, 0.1) is 4.92 Å². The molecule has 1 unspecified atom stereocenters. The molecular formula is C14H19N3O5. The quantitative estimate of drug-likeness (QED) is 0.584. The van der Waals surface area contributed by atoms with Crippen LogP contribution in [0.2, 0.25) is 0 Å². The number of non-ortho nitro benzene ring substituents is 1. The number of anilines is 1. The fourth-order valence-electron chi connectivity index (χ4n) is 1.77. The number of nitro groups is 1. The average molecular weight is 309 g/mol. The molecule has 120 valence electrons. The smallest absolute Gasteiger partial charge is 0.320 e. The van der Waals surface area contributed by atoms with Crippen molar-refractivity contribution in [3.05, 3.63) is 33.9 Å². The summed E-state index contributed by atoms with van der Waals surface area (Å²) in [6.07, 6.45) is 0.130. The maximum Gasteiger partial charge on any atom is 0.320 e. The molecule has 1 aromatic rings. The molecule has 0 radical (unpaired) electrons. The molecule has 2 N–H and O–H groups in total. The second-order valence-electron chi connectivity index (χ2n) is 5.05. The van der Waals surface area contributed by atoms with Crippen molar-refractivity contribution in [2.45, 2.75) is 26.3 Å². The van der Waals surface area contributed by atoms with E-state index in [0.29, 0.717) is 17.8 Å². The van der Waals surface area contributed by atoms with Crippen LogP contribution in [0.15, 0.2) is 18.2 Å². The van der Waals surface area contributed by atoms with Crippen LogP contribution in [0.1, 0.15) is 18.9 Å². The first-order valence-corrected chi connectivity index (χ1v) is 6.70. The highest BCUT2D eigenvalue weighted by Gasteiger charge is 2.17. The Labute approximate surface area is 127 Å². The molecule has 0 heterocycles. The first kappa shape index (κ1) is 17.6. The number of aryl methyl sites for hydroxylation is 1.